The van der Waals surface area contributed by atoms with Crippen molar-refractivity contribution in [2.45, 2.75) is 46.1 Å². The molecule has 1 amide bonds. The molecule has 3 aromatic rings. The zero-order chi connectivity index (χ0) is 25.2. The van der Waals surface area contributed by atoms with Crippen LogP contribution in [0.1, 0.15) is 33.4 Å². The van der Waals surface area contributed by atoms with Gasteiger partial charge in [-0.1, -0.05) is 65.2 Å². The van der Waals surface area contributed by atoms with Crippen LogP contribution >= 0.6 is 23.2 Å². The van der Waals surface area contributed by atoms with Crippen LogP contribution in [0.3, 0.4) is 0 Å². The number of hydrogen-bond donors (Lipinski definition) is 1. The number of hydrogen-bond acceptors (Lipinski definition) is 3. The summed E-state index contributed by atoms with van der Waals surface area (Å²) in [4.78, 5) is 13.3. The van der Waals surface area contributed by atoms with Crippen LogP contribution in [0.5, 0.6) is 0 Å². The van der Waals surface area contributed by atoms with E-state index in [0.717, 1.165) is 16.7 Å². The minimum absolute atomic E-state index is 0.0356. The number of rotatable bonds is 7. The molecule has 1 N–H and O–H groups in total. The zero-order valence-electron chi connectivity index (χ0n) is 19.9. The molecule has 0 aromatic heterocycles. The van der Waals surface area contributed by atoms with Gasteiger partial charge in [-0.05, 0) is 74.6 Å². The Hall–Kier alpha value is -2.38. The van der Waals surface area contributed by atoms with E-state index in [1.54, 1.807) is 32.0 Å². The lowest BCUT2D eigenvalue weighted by molar-refractivity contribution is -0.116. The van der Waals surface area contributed by atoms with Crippen molar-refractivity contribution in [1.82, 2.24) is 4.31 Å². The van der Waals surface area contributed by atoms with Crippen LogP contribution in [0.15, 0.2) is 53.4 Å². The van der Waals surface area contributed by atoms with Gasteiger partial charge in [-0.15, -0.1) is 0 Å². The Morgan fingerprint density at radius 2 is 1.44 bits per heavy atom. The minimum Gasteiger partial charge on any atom is -0.324 e. The van der Waals surface area contributed by atoms with Crippen LogP contribution in [0.4, 0.5) is 5.69 Å². The summed E-state index contributed by atoms with van der Waals surface area (Å²) in [7, 11) is -4.01. The van der Waals surface area contributed by atoms with Gasteiger partial charge in [0.15, 0.2) is 0 Å². The molecule has 3 rings (SSSR count). The average molecular weight is 519 g/mol. The monoisotopic (exact) mass is 518 g/mol. The maximum atomic E-state index is 13.9. The number of aryl methyl sites for hydroxylation is 5. The fourth-order valence-corrected chi connectivity index (χ4v) is 6.24. The number of sulfonamides is 1. The number of anilines is 1. The van der Waals surface area contributed by atoms with Gasteiger partial charge in [0.2, 0.25) is 15.9 Å². The smallest absolute Gasteiger partial charge is 0.244 e. The molecule has 3 aromatic carbocycles. The molecule has 5 nitrogen and oxygen atoms in total. The molecule has 0 spiro atoms. The minimum atomic E-state index is -4.01. The molecule has 0 aliphatic heterocycles. The SMILES string of the molecule is Cc1cc(C)c(S(=O)(=O)N(CC(=O)Nc2c(C)cccc2C)Cc2ccc(Cl)c(Cl)c2)c(C)c1. The molecule has 0 fully saturated rings. The molecule has 0 radical (unpaired) electrons. The van der Waals surface area contributed by atoms with Crippen molar-refractivity contribution in [3.05, 3.63) is 92.0 Å². The molecule has 0 aliphatic rings. The van der Waals surface area contributed by atoms with E-state index in [-0.39, 0.29) is 18.0 Å². The molecule has 0 aliphatic carbocycles. The molecule has 0 heterocycles. The lowest BCUT2D eigenvalue weighted by Gasteiger charge is -2.25. The number of halogens is 2. The van der Waals surface area contributed by atoms with Crippen molar-refractivity contribution in [3.63, 3.8) is 0 Å². The highest BCUT2D eigenvalue weighted by Crippen LogP contribution is 2.29. The van der Waals surface area contributed by atoms with Gasteiger partial charge in [0.1, 0.15) is 0 Å². The highest BCUT2D eigenvalue weighted by molar-refractivity contribution is 7.89. The largest absolute Gasteiger partial charge is 0.324 e. The van der Waals surface area contributed by atoms with Crippen LogP contribution < -0.4 is 5.32 Å². The molecule has 180 valence electrons. The first kappa shape index (κ1) is 26.2. The summed E-state index contributed by atoms with van der Waals surface area (Å²) in [5.41, 5.74) is 5.34. The summed E-state index contributed by atoms with van der Waals surface area (Å²) < 4.78 is 28.9. The molecule has 0 atom stereocenters. The number of amides is 1. The van der Waals surface area contributed by atoms with E-state index in [1.807, 2.05) is 51.1 Å². The van der Waals surface area contributed by atoms with Crippen molar-refractivity contribution < 1.29 is 13.2 Å². The molecule has 8 heteroatoms. The fourth-order valence-electron chi connectivity index (χ4n) is 4.12. The van der Waals surface area contributed by atoms with E-state index < -0.39 is 15.9 Å². The first-order valence-electron chi connectivity index (χ1n) is 10.8. The number of para-hydroxylation sites is 1. The Labute approximate surface area is 211 Å². The number of carbonyl (C=O) groups is 1. The molecule has 0 saturated heterocycles. The average Bonchev–Trinajstić information content (AvgIpc) is 2.72. The van der Waals surface area contributed by atoms with Gasteiger partial charge in [0, 0.05) is 12.2 Å². The van der Waals surface area contributed by atoms with E-state index in [2.05, 4.69) is 5.32 Å². The van der Waals surface area contributed by atoms with Gasteiger partial charge in [-0.2, -0.15) is 4.31 Å². The molecule has 0 bridgehead atoms. The summed E-state index contributed by atoms with van der Waals surface area (Å²) in [6.45, 7) is 8.84. The zero-order valence-corrected chi connectivity index (χ0v) is 22.2. The van der Waals surface area contributed by atoms with Crippen molar-refractivity contribution in [2.75, 3.05) is 11.9 Å². The Bertz CT molecular complexity index is 1310. The van der Waals surface area contributed by atoms with Gasteiger partial charge in [0.25, 0.3) is 0 Å². The van der Waals surface area contributed by atoms with Gasteiger partial charge >= 0.3 is 0 Å². The molecular formula is C26H28Cl2N2O3S. The highest BCUT2D eigenvalue weighted by atomic mass is 35.5. The lowest BCUT2D eigenvalue weighted by atomic mass is 10.1. The molecular weight excluding hydrogens is 491 g/mol. The number of nitrogens with zero attached hydrogens (tertiary/aromatic N) is 1. The van der Waals surface area contributed by atoms with E-state index in [0.29, 0.717) is 32.4 Å². The fraction of sp³-hybridized carbons (Fsp3) is 0.269. The first-order valence-corrected chi connectivity index (χ1v) is 13.0. The van der Waals surface area contributed by atoms with E-state index in [1.165, 1.54) is 4.31 Å². The summed E-state index contributed by atoms with van der Waals surface area (Å²) >= 11 is 12.2. The summed E-state index contributed by atoms with van der Waals surface area (Å²) in [6.07, 6.45) is 0. The van der Waals surface area contributed by atoms with Crippen LogP contribution in [0.25, 0.3) is 0 Å². The Balaban J connectivity index is 2.01. The van der Waals surface area contributed by atoms with E-state index >= 15 is 0 Å². The number of nitrogens with one attached hydrogen (secondary N) is 1. The van der Waals surface area contributed by atoms with Crippen LogP contribution in [-0.2, 0) is 21.4 Å². The first-order chi connectivity index (χ1) is 15.9. The van der Waals surface area contributed by atoms with Crippen molar-refractivity contribution >= 4 is 44.8 Å². The quantitative estimate of drug-likeness (QED) is 0.395. The van der Waals surface area contributed by atoms with E-state index in [9.17, 15) is 13.2 Å². The summed E-state index contributed by atoms with van der Waals surface area (Å²) in [6, 6.07) is 14.3. The predicted octanol–water partition coefficient (Wildman–Crippen LogP) is 6.37. The van der Waals surface area contributed by atoms with E-state index in [4.69, 9.17) is 23.2 Å². The van der Waals surface area contributed by atoms with Gasteiger partial charge < -0.3 is 5.32 Å². The lowest BCUT2D eigenvalue weighted by Crippen LogP contribution is -2.38. The number of benzene rings is 3. The maximum absolute atomic E-state index is 13.9. The third-order valence-electron chi connectivity index (χ3n) is 5.61. The van der Waals surface area contributed by atoms with Crippen LogP contribution in [0, 0.1) is 34.6 Å². The third-order valence-corrected chi connectivity index (χ3v) is 8.45. The Morgan fingerprint density at radius 1 is 0.853 bits per heavy atom. The predicted molar refractivity (Wildman–Crippen MR) is 139 cm³/mol. The van der Waals surface area contributed by atoms with Crippen molar-refractivity contribution in [1.29, 1.82) is 0 Å². The second-order valence-electron chi connectivity index (χ2n) is 8.56. The topological polar surface area (TPSA) is 66.5 Å². The van der Waals surface area contributed by atoms with Crippen LogP contribution in [0.2, 0.25) is 10.0 Å². The van der Waals surface area contributed by atoms with Gasteiger partial charge in [0.05, 0.1) is 21.5 Å². The Morgan fingerprint density at radius 3 is 2.00 bits per heavy atom. The van der Waals surface area contributed by atoms with Crippen molar-refractivity contribution in [3.8, 4) is 0 Å². The summed E-state index contributed by atoms with van der Waals surface area (Å²) in [5, 5.41) is 3.58. The van der Waals surface area contributed by atoms with Crippen LogP contribution in [-0.4, -0.2) is 25.2 Å². The Kier molecular flexibility index (Phi) is 8.09. The standard InChI is InChI=1S/C26H28Cl2N2O3S/c1-16-11-19(4)26(20(5)12-16)34(32,33)30(14-21-9-10-22(27)23(28)13-21)15-24(31)29-25-17(2)7-6-8-18(25)3/h6-13H,14-15H2,1-5H3,(H,29,31). The van der Waals surface area contributed by atoms with Gasteiger partial charge in [-0.25, -0.2) is 8.42 Å². The second-order valence-corrected chi connectivity index (χ2v) is 11.3. The molecule has 0 unspecified atom stereocenters. The normalized spacial score (nSPS) is 11.6. The van der Waals surface area contributed by atoms with Gasteiger partial charge in [-0.3, -0.25) is 4.79 Å². The van der Waals surface area contributed by atoms with Crippen molar-refractivity contribution in [2.24, 2.45) is 0 Å². The number of carbonyl (C=O) groups excluding carboxylic acids is 1. The third kappa shape index (κ3) is 5.81. The molecule has 0 saturated carbocycles. The maximum Gasteiger partial charge on any atom is 0.244 e. The highest BCUT2D eigenvalue weighted by Gasteiger charge is 2.30. The second kappa shape index (κ2) is 10.5. The molecule has 34 heavy (non-hydrogen) atoms. The summed E-state index contributed by atoms with van der Waals surface area (Å²) in [5.74, 6) is -0.427.